The van der Waals surface area contributed by atoms with E-state index in [-0.39, 0.29) is 0 Å². The Hall–Kier alpha value is -2.27. The Labute approximate surface area is 158 Å². The minimum Gasteiger partial charge on any atom is -0.492 e. The summed E-state index contributed by atoms with van der Waals surface area (Å²) >= 11 is 0. The van der Waals surface area contributed by atoms with Crippen LogP contribution in [0, 0.1) is 17.8 Å². The van der Waals surface area contributed by atoms with Crippen molar-refractivity contribution >= 4 is 0 Å². The molecule has 2 aromatic rings. The summed E-state index contributed by atoms with van der Waals surface area (Å²) in [7, 11) is 0. The molecule has 1 aliphatic carbocycles. The Morgan fingerprint density at radius 1 is 0.962 bits per heavy atom. The second-order valence-electron chi connectivity index (χ2n) is 7.19. The van der Waals surface area contributed by atoms with Crippen LogP contribution in [0.5, 0.6) is 5.75 Å². The first kappa shape index (κ1) is 18.5. The van der Waals surface area contributed by atoms with Crippen LogP contribution >= 0.6 is 0 Å². The third kappa shape index (κ3) is 5.11. The van der Waals surface area contributed by atoms with E-state index in [0.717, 1.165) is 28.8 Å². The SMILES string of the molecule is CCC[C@H]1CC[C@H](c2ccc(C#Cc3ccc(OCC)cn3)cc2)CC1. The third-order valence-electron chi connectivity index (χ3n) is 5.31. The summed E-state index contributed by atoms with van der Waals surface area (Å²) in [6, 6.07) is 12.6. The van der Waals surface area contributed by atoms with Gasteiger partial charge >= 0.3 is 0 Å². The van der Waals surface area contributed by atoms with Crippen LogP contribution in [-0.4, -0.2) is 11.6 Å². The fraction of sp³-hybridized carbons (Fsp3) is 0.458. The highest BCUT2D eigenvalue weighted by molar-refractivity contribution is 5.42. The third-order valence-corrected chi connectivity index (χ3v) is 5.31. The van der Waals surface area contributed by atoms with Gasteiger partial charge in [-0.1, -0.05) is 37.8 Å². The van der Waals surface area contributed by atoms with E-state index >= 15 is 0 Å². The van der Waals surface area contributed by atoms with Gasteiger partial charge in [0.15, 0.2) is 0 Å². The lowest BCUT2D eigenvalue weighted by molar-refractivity contribution is 0.308. The van der Waals surface area contributed by atoms with Crippen LogP contribution < -0.4 is 4.74 Å². The number of aromatic nitrogens is 1. The van der Waals surface area contributed by atoms with Gasteiger partial charge in [-0.25, -0.2) is 4.98 Å². The highest BCUT2D eigenvalue weighted by atomic mass is 16.5. The van der Waals surface area contributed by atoms with Gasteiger partial charge in [0.05, 0.1) is 12.8 Å². The predicted octanol–water partition coefficient (Wildman–Crippen LogP) is 5.95. The first-order valence-electron chi connectivity index (χ1n) is 9.99. The molecule has 0 aliphatic heterocycles. The van der Waals surface area contributed by atoms with Crippen LogP contribution in [0.25, 0.3) is 0 Å². The summed E-state index contributed by atoms with van der Waals surface area (Å²) < 4.78 is 5.40. The average molecular weight is 348 g/mol. The second-order valence-corrected chi connectivity index (χ2v) is 7.19. The van der Waals surface area contributed by atoms with Gasteiger partial charge in [0.25, 0.3) is 0 Å². The maximum atomic E-state index is 5.40. The van der Waals surface area contributed by atoms with Gasteiger partial charge in [-0.2, -0.15) is 0 Å². The standard InChI is InChI=1S/C24H29NO/c1-3-5-19-6-11-21(12-7-19)22-13-8-20(9-14-22)10-15-23-16-17-24(18-25-23)26-4-2/h8-9,13-14,16-19,21H,3-7,11-12H2,1-2H3/t19-,21-. The van der Waals surface area contributed by atoms with Crippen molar-refractivity contribution in [2.24, 2.45) is 5.92 Å². The average Bonchev–Trinajstić information content (AvgIpc) is 2.69. The zero-order valence-corrected chi connectivity index (χ0v) is 16.0. The minimum absolute atomic E-state index is 0.652. The van der Waals surface area contributed by atoms with Crippen LogP contribution in [0.2, 0.25) is 0 Å². The lowest BCUT2D eigenvalue weighted by Crippen LogP contribution is -2.13. The van der Waals surface area contributed by atoms with Crippen LogP contribution in [0.4, 0.5) is 0 Å². The molecule has 1 heterocycles. The summed E-state index contributed by atoms with van der Waals surface area (Å²) in [5.41, 5.74) is 3.29. The molecule has 26 heavy (non-hydrogen) atoms. The maximum Gasteiger partial charge on any atom is 0.137 e. The molecule has 1 fully saturated rings. The van der Waals surface area contributed by atoms with Crippen LogP contribution in [0.15, 0.2) is 42.6 Å². The zero-order chi connectivity index (χ0) is 18.2. The molecule has 0 amide bonds. The molecule has 0 radical (unpaired) electrons. The summed E-state index contributed by atoms with van der Waals surface area (Å²) in [5.74, 6) is 8.83. The van der Waals surface area contributed by atoms with Crippen molar-refractivity contribution in [3.8, 4) is 17.6 Å². The molecule has 0 spiro atoms. The maximum absolute atomic E-state index is 5.40. The molecule has 0 N–H and O–H groups in total. The van der Waals surface area contributed by atoms with E-state index in [1.165, 1.54) is 44.1 Å². The number of rotatable bonds is 5. The van der Waals surface area contributed by atoms with Crippen molar-refractivity contribution in [3.05, 3.63) is 59.4 Å². The van der Waals surface area contributed by atoms with Crippen molar-refractivity contribution in [2.75, 3.05) is 6.61 Å². The van der Waals surface area contributed by atoms with E-state index in [4.69, 9.17) is 4.74 Å². The fourth-order valence-electron chi connectivity index (χ4n) is 3.87. The molecule has 3 rings (SSSR count). The van der Waals surface area contributed by atoms with E-state index in [0.29, 0.717) is 6.61 Å². The molecular weight excluding hydrogens is 318 g/mol. The molecular formula is C24H29NO. The van der Waals surface area contributed by atoms with Gasteiger partial charge < -0.3 is 4.74 Å². The van der Waals surface area contributed by atoms with E-state index < -0.39 is 0 Å². The van der Waals surface area contributed by atoms with Gasteiger partial charge in [-0.15, -0.1) is 0 Å². The quantitative estimate of drug-likeness (QED) is 0.623. The lowest BCUT2D eigenvalue weighted by atomic mass is 9.77. The summed E-state index contributed by atoms with van der Waals surface area (Å²) in [6.07, 6.45) is 9.92. The Balaban J connectivity index is 1.58. The molecule has 136 valence electrons. The van der Waals surface area contributed by atoms with Crippen LogP contribution in [0.3, 0.4) is 0 Å². The molecule has 0 unspecified atom stereocenters. The van der Waals surface area contributed by atoms with Gasteiger partial charge in [0.1, 0.15) is 11.4 Å². The molecule has 1 saturated carbocycles. The number of hydrogen-bond acceptors (Lipinski definition) is 2. The van der Waals surface area contributed by atoms with Crippen molar-refractivity contribution in [2.45, 2.75) is 58.3 Å². The number of ether oxygens (including phenoxy) is 1. The molecule has 1 aromatic carbocycles. The van der Waals surface area contributed by atoms with Crippen molar-refractivity contribution < 1.29 is 4.74 Å². The Morgan fingerprint density at radius 2 is 1.73 bits per heavy atom. The van der Waals surface area contributed by atoms with Gasteiger partial charge in [0, 0.05) is 5.56 Å². The Bertz CT molecular complexity index is 729. The molecule has 2 nitrogen and oxygen atoms in total. The van der Waals surface area contributed by atoms with Crippen LogP contribution in [0.1, 0.15) is 75.1 Å². The molecule has 1 aliphatic rings. The number of pyridine rings is 1. The number of benzene rings is 1. The van der Waals surface area contributed by atoms with E-state index in [1.807, 2.05) is 19.1 Å². The van der Waals surface area contributed by atoms with Gasteiger partial charge in [-0.3, -0.25) is 0 Å². The van der Waals surface area contributed by atoms with E-state index in [1.54, 1.807) is 6.20 Å². The van der Waals surface area contributed by atoms with Gasteiger partial charge in [-0.05, 0) is 80.2 Å². The number of hydrogen-bond donors (Lipinski definition) is 0. The van der Waals surface area contributed by atoms with Crippen molar-refractivity contribution in [1.82, 2.24) is 4.98 Å². The topological polar surface area (TPSA) is 22.1 Å². The smallest absolute Gasteiger partial charge is 0.137 e. The largest absolute Gasteiger partial charge is 0.492 e. The fourth-order valence-corrected chi connectivity index (χ4v) is 3.87. The molecule has 2 heteroatoms. The lowest BCUT2D eigenvalue weighted by Gasteiger charge is -2.28. The zero-order valence-electron chi connectivity index (χ0n) is 16.0. The van der Waals surface area contributed by atoms with Crippen molar-refractivity contribution in [1.29, 1.82) is 0 Å². The molecule has 1 aromatic heterocycles. The minimum atomic E-state index is 0.652. The summed E-state index contributed by atoms with van der Waals surface area (Å²) in [4.78, 5) is 4.33. The normalized spacial score (nSPS) is 19.5. The highest BCUT2D eigenvalue weighted by Gasteiger charge is 2.21. The Morgan fingerprint density at radius 3 is 2.35 bits per heavy atom. The summed E-state index contributed by atoms with van der Waals surface area (Å²) in [5, 5.41) is 0. The first-order chi connectivity index (χ1) is 12.8. The van der Waals surface area contributed by atoms with E-state index in [2.05, 4.69) is 48.0 Å². The highest BCUT2D eigenvalue weighted by Crippen LogP contribution is 2.37. The molecule has 0 saturated heterocycles. The first-order valence-corrected chi connectivity index (χ1v) is 9.99. The van der Waals surface area contributed by atoms with E-state index in [9.17, 15) is 0 Å². The second kappa shape index (κ2) is 9.43. The number of nitrogens with zero attached hydrogens (tertiary/aromatic N) is 1. The Kier molecular flexibility index (Phi) is 6.72. The monoisotopic (exact) mass is 347 g/mol. The molecule has 0 bridgehead atoms. The van der Waals surface area contributed by atoms with Crippen LogP contribution in [-0.2, 0) is 0 Å². The molecule has 0 atom stereocenters. The summed E-state index contributed by atoms with van der Waals surface area (Å²) in [6.45, 7) is 4.92. The van der Waals surface area contributed by atoms with Gasteiger partial charge in [0.2, 0.25) is 0 Å². The predicted molar refractivity (Wildman–Crippen MR) is 107 cm³/mol. The van der Waals surface area contributed by atoms with Crippen molar-refractivity contribution in [3.63, 3.8) is 0 Å².